The summed E-state index contributed by atoms with van der Waals surface area (Å²) in [5, 5.41) is 3.98. The third-order valence-corrected chi connectivity index (χ3v) is 4.13. The van der Waals surface area contributed by atoms with Gasteiger partial charge in [-0.2, -0.15) is 5.10 Å². The summed E-state index contributed by atoms with van der Waals surface area (Å²) in [6.07, 6.45) is 5.15. The maximum atomic E-state index is 11.8. The molecule has 7 nitrogen and oxygen atoms in total. The Labute approximate surface area is 136 Å². The van der Waals surface area contributed by atoms with E-state index in [0.717, 1.165) is 45.3 Å². The van der Waals surface area contributed by atoms with Crippen LogP contribution in [0.25, 0.3) is 0 Å². The number of anilines is 1. The molecule has 1 aromatic rings. The van der Waals surface area contributed by atoms with Gasteiger partial charge in [0.1, 0.15) is 5.76 Å². The first-order chi connectivity index (χ1) is 11.3. The normalized spacial score (nSPS) is 20.1. The number of hydrazone groups is 1. The van der Waals surface area contributed by atoms with Crippen LogP contribution in [0.4, 0.5) is 5.88 Å². The van der Waals surface area contributed by atoms with Gasteiger partial charge in [-0.05, 0) is 32.0 Å². The van der Waals surface area contributed by atoms with Crippen molar-refractivity contribution in [1.29, 1.82) is 0 Å². The van der Waals surface area contributed by atoms with E-state index in [9.17, 15) is 4.79 Å². The van der Waals surface area contributed by atoms with Gasteiger partial charge in [0.05, 0.1) is 26.0 Å². The topological polar surface area (TPSA) is 70.3 Å². The van der Waals surface area contributed by atoms with Gasteiger partial charge in [-0.15, -0.1) is 0 Å². The maximum Gasteiger partial charge on any atom is 0.254 e. The average molecular weight is 320 g/mol. The second-order valence-electron chi connectivity index (χ2n) is 5.91. The van der Waals surface area contributed by atoms with Crippen LogP contribution >= 0.6 is 0 Å². The minimum absolute atomic E-state index is 0.0805. The Balaban J connectivity index is 1.44. The first-order valence-corrected chi connectivity index (χ1v) is 8.28. The molecule has 2 saturated heterocycles. The van der Waals surface area contributed by atoms with Gasteiger partial charge in [0, 0.05) is 19.2 Å². The zero-order chi connectivity index (χ0) is 15.9. The van der Waals surface area contributed by atoms with Gasteiger partial charge >= 0.3 is 0 Å². The van der Waals surface area contributed by atoms with Gasteiger partial charge < -0.3 is 14.1 Å². The van der Waals surface area contributed by atoms with E-state index >= 15 is 0 Å². The lowest BCUT2D eigenvalue weighted by molar-refractivity contribution is -0.122. The Morgan fingerprint density at radius 1 is 1.17 bits per heavy atom. The number of carbonyl (C=O) groups excluding carboxylic acids is 1. The summed E-state index contributed by atoms with van der Waals surface area (Å²) < 4.78 is 11.0. The first-order valence-electron chi connectivity index (χ1n) is 8.28. The maximum absolute atomic E-state index is 11.8. The van der Waals surface area contributed by atoms with E-state index in [-0.39, 0.29) is 5.91 Å². The van der Waals surface area contributed by atoms with Gasteiger partial charge in [0.2, 0.25) is 0 Å². The van der Waals surface area contributed by atoms with Gasteiger partial charge in [-0.25, -0.2) is 5.43 Å². The molecular formula is C16H24N4O3. The number of hydrogen-bond donors (Lipinski definition) is 1. The molecule has 3 rings (SSSR count). The predicted octanol–water partition coefficient (Wildman–Crippen LogP) is 1.05. The van der Waals surface area contributed by atoms with E-state index in [4.69, 9.17) is 9.15 Å². The van der Waals surface area contributed by atoms with Crippen LogP contribution in [-0.2, 0) is 9.53 Å². The summed E-state index contributed by atoms with van der Waals surface area (Å²) >= 11 is 0. The molecule has 2 aliphatic heterocycles. The number of ether oxygens (including phenoxy) is 1. The highest BCUT2D eigenvalue weighted by molar-refractivity contribution is 5.81. The zero-order valence-electron chi connectivity index (χ0n) is 13.4. The average Bonchev–Trinajstić information content (AvgIpc) is 3.05. The Bertz CT molecular complexity index is 531. The number of piperidine rings is 1. The number of nitrogens with zero attached hydrogens (tertiary/aromatic N) is 3. The third kappa shape index (κ3) is 4.80. The molecule has 0 saturated carbocycles. The van der Waals surface area contributed by atoms with E-state index < -0.39 is 0 Å². The number of hydrogen-bond acceptors (Lipinski definition) is 6. The molecule has 126 valence electrons. The Hall–Kier alpha value is -1.86. The molecule has 0 radical (unpaired) electrons. The quantitative estimate of drug-likeness (QED) is 0.649. The molecule has 0 spiro atoms. The van der Waals surface area contributed by atoms with Gasteiger partial charge in [0.25, 0.3) is 5.91 Å². The molecular weight excluding hydrogens is 296 g/mol. The molecule has 0 aliphatic carbocycles. The monoisotopic (exact) mass is 320 g/mol. The van der Waals surface area contributed by atoms with Crippen molar-refractivity contribution in [3.8, 4) is 0 Å². The number of morpholine rings is 1. The fourth-order valence-corrected chi connectivity index (χ4v) is 2.89. The molecule has 0 bridgehead atoms. The van der Waals surface area contributed by atoms with E-state index in [1.165, 1.54) is 25.5 Å². The standard InChI is InChI=1S/C16H24N4O3/c21-15(13-19-6-2-1-3-7-19)18-17-12-14-4-5-16(23-14)20-8-10-22-11-9-20/h4-5,12H,1-3,6-11,13H2,(H,18,21)/b17-12-. The predicted molar refractivity (Wildman–Crippen MR) is 87.8 cm³/mol. The van der Waals surface area contributed by atoms with Crippen LogP contribution in [0.1, 0.15) is 25.0 Å². The van der Waals surface area contributed by atoms with Crippen LogP contribution < -0.4 is 10.3 Å². The minimum atomic E-state index is -0.0805. The van der Waals surface area contributed by atoms with Crippen molar-refractivity contribution < 1.29 is 13.9 Å². The zero-order valence-corrected chi connectivity index (χ0v) is 13.4. The van der Waals surface area contributed by atoms with Crippen molar-refractivity contribution in [3.05, 3.63) is 17.9 Å². The van der Waals surface area contributed by atoms with E-state index in [0.29, 0.717) is 12.3 Å². The van der Waals surface area contributed by atoms with Crippen LogP contribution in [0.5, 0.6) is 0 Å². The van der Waals surface area contributed by atoms with Crippen LogP contribution in [0.2, 0.25) is 0 Å². The molecule has 1 amide bonds. The lowest BCUT2D eigenvalue weighted by atomic mass is 10.1. The minimum Gasteiger partial charge on any atom is -0.440 e. The van der Waals surface area contributed by atoms with E-state index in [1.807, 2.05) is 12.1 Å². The molecule has 2 aliphatic rings. The molecule has 3 heterocycles. The lowest BCUT2D eigenvalue weighted by Crippen LogP contribution is -2.38. The van der Waals surface area contributed by atoms with Gasteiger partial charge in [-0.1, -0.05) is 6.42 Å². The molecule has 1 aromatic heterocycles. The lowest BCUT2D eigenvalue weighted by Gasteiger charge is -2.26. The van der Waals surface area contributed by atoms with Gasteiger partial charge in [0.15, 0.2) is 5.88 Å². The number of amides is 1. The van der Waals surface area contributed by atoms with Crippen molar-refractivity contribution in [3.63, 3.8) is 0 Å². The summed E-state index contributed by atoms with van der Waals surface area (Å²) in [7, 11) is 0. The van der Waals surface area contributed by atoms with Crippen LogP contribution in [0.15, 0.2) is 21.7 Å². The van der Waals surface area contributed by atoms with Crippen LogP contribution in [0, 0.1) is 0 Å². The van der Waals surface area contributed by atoms with Crippen molar-refractivity contribution in [1.82, 2.24) is 10.3 Å². The number of carbonyl (C=O) groups is 1. The van der Waals surface area contributed by atoms with E-state index in [2.05, 4.69) is 20.3 Å². The second kappa shape index (κ2) is 8.12. The second-order valence-corrected chi connectivity index (χ2v) is 5.91. The summed E-state index contributed by atoms with van der Waals surface area (Å²) in [6, 6.07) is 3.77. The number of likely N-dealkylation sites (tertiary alicyclic amines) is 1. The number of furan rings is 1. The highest BCUT2D eigenvalue weighted by Crippen LogP contribution is 2.18. The summed E-state index contributed by atoms with van der Waals surface area (Å²) in [6.45, 7) is 5.51. The molecule has 0 atom stereocenters. The third-order valence-electron chi connectivity index (χ3n) is 4.13. The fraction of sp³-hybridized carbons (Fsp3) is 0.625. The molecule has 23 heavy (non-hydrogen) atoms. The van der Waals surface area contributed by atoms with E-state index in [1.54, 1.807) is 0 Å². The van der Waals surface area contributed by atoms with Crippen molar-refractivity contribution in [2.24, 2.45) is 5.10 Å². The Morgan fingerprint density at radius 3 is 2.74 bits per heavy atom. The van der Waals surface area contributed by atoms with Crippen molar-refractivity contribution in [2.45, 2.75) is 19.3 Å². The molecule has 0 aromatic carbocycles. The molecule has 0 unspecified atom stereocenters. The smallest absolute Gasteiger partial charge is 0.254 e. The largest absolute Gasteiger partial charge is 0.440 e. The first kappa shape index (κ1) is 16.0. The van der Waals surface area contributed by atoms with Crippen molar-refractivity contribution >= 4 is 18.0 Å². The number of rotatable bonds is 5. The SMILES string of the molecule is O=C(CN1CCCCC1)N/N=C\c1ccc(N2CCOCC2)o1. The Morgan fingerprint density at radius 2 is 1.96 bits per heavy atom. The van der Waals surface area contributed by atoms with Crippen molar-refractivity contribution in [2.75, 3.05) is 50.8 Å². The molecule has 2 fully saturated rings. The summed E-state index contributed by atoms with van der Waals surface area (Å²) in [4.78, 5) is 16.1. The fourth-order valence-electron chi connectivity index (χ4n) is 2.89. The van der Waals surface area contributed by atoms with Gasteiger partial charge in [-0.3, -0.25) is 9.69 Å². The summed E-state index contributed by atoms with van der Waals surface area (Å²) in [5.74, 6) is 1.36. The van der Waals surface area contributed by atoms with Crippen LogP contribution in [-0.4, -0.2) is 63.0 Å². The highest BCUT2D eigenvalue weighted by atomic mass is 16.5. The Kier molecular flexibility index (Phi) is 5.65. The summed E-state index contributed by atoms with van der Waals surface area (Å²) in [5.41, 5.74) is 2.56. The number of nitrogens with one attached hydrogen (secondary N) is 1. The molecule has 7 heteroatoms. The highest BCUT2D eigenvalue weighted by Gasteiger charge is 2.15. The molecule has 1 N–H and O–H groups in total. The van der Waals surface area contributed by atoms with Crippen LogP contribution in [0.3, 0.4) is 0 Å².